The number of thioether (sulfide) groups is 1. The number of aromatic hydroxyl groups is 1. The number of nitrogens with one attached hydrogen (secondary N) is 2. The highest BCUT2D eigenvalue weighted by atomic mass is 32.2. The van der Waals surface area contributed by atoms with Crippen LogP contribution < -0.4 is 10.9 Å². The summed E-state index contributed by atoms with van der Waals surface area (Å²) in [6, 6.07) is 6.75. The molecule has 1 aromatic heterocycles. The second-order valence-corrected chi connectivity index (χ2v) is 7.64. The van der Waals surface area contributed by atoms with Crippen LogP contribution >= 0.6 is 11.8 Å². The van der Waals surface area contributed by atoms with E-state index < -0.39 is 5.92 Å². The van der Waals surface area contributed by atoms with Crippen LogP contribution in [-0.4, -0.2) is 26.6 Å². The van der Waals surface area contributed by atoms with Crippen molar-refractivity contribution in [1.29, 1.82) is 0 Å². The zero-order valence-electron chi connectivity index (χ0n) is 14.3. The fourth-order valence-corrected chi connectivity index (χ4v) is 4.28. The summed E-state index contributed by atoms with van der Waals surface area (Å²) in [4.78, 5) is 32.9. The van der Waals surface area contributed by atoms with Crippen molar-refractivity contribution >= 4 is 23.4 Å². The van der Waals surface area contributed by atoms with Crippen LogP contribution in [0.15, 0.2) is 45.5 Å². The van der Waals surface area contributed by atoms with E-state index in [1.807, 2.05) is 13.0 Å². The van der Waals surface area contributed by atoms with Crippen LogP contribution in [-0.2, 0) is 4.79 Å². The van der Waals surface area contributed by atoms with Gasteiger partial charge in [0, 0.05) is 23.6 Å². The molecule has 0 bridgehead atoms. The van der Waals surface area contributed by atoms with E-state index in [9.17, 15) is 14.7 Å². The number of hydrogen-bond donors (Lipinski definition) is 3. The molecule has 0 radical (unpaired) electrons. The van der Waals surface area contributed by atoms with E-state index in [1.165, 1.54) is 11.8 Å². The number of allylic oxidation sites excluding steroid dienone is 2. The van der Waals surface area contributed by atoms with Gasteiger partial charge in [0.1, 0.15) is 11.6 Å². The Kier molecular flexibility index (Phi) is 4.32. The first-order valence-corrected chi connectivity index (χ1v) is 9.66. The molecule has 0 unspecified atom stereocenters. The van der Waals surface area contributed by atoms with Gasteiger partial charge < -0.3 is 15.4 Å². The van der Waals surface area contributed by atoms with Gasteiger partial charge in [-0.25, -0.2) is 4.98 Å². The molecular formula is C19H19N3O3S. The summed E-state index contributed by atoms with van der Waals surface area (Å²) in [6.45, 7) is 1.99. The third-order valence-electron chi connectivity index (χ3n) is 4.72. The zero-order chi connectivity index (χ0) is 18.3. The average molecular weight is 369 g/mol. The van der Waals surface area contributed by atoms with Crippen LogP contribution in [0.3, 0.4) is 0 Å². The van der Waals surface area contributed by atoms with Crippen molar-refractivity contribution in [3.05, 3.63) is 57.0 Å². The van der Waals surface area contributed by atoms with Gasteiger partial charge in [-0.3, -0.25) is 9.59 Å². The van der Waals surface area contributed by atoms with E-state index in [-0.39, 0.29) is 17.1 Å². The van der Waals surface area contributed by atoms with Crippen LogP contribution in [0.4, 0.5) is 5.82 Å². The molecule has 2 aliphatic rings. The monoisotopic (exact) mass is 369 g/mol. The fourth-order valence-electron chi connectivity index (χ4n) is 3.68. The van der Waals surface area contributed by atoms with Crippen molar-refractivity contribution in [3.8, 4) is 5.75 Å². The van der Waals surface area contributed by atoms with Gasteiger partial charge in [0.15, 0.2) is 10.9 Å². The zero-order valence-corrected chi connectivity index (χ0v) is 15.2. The van der Waals surface area contributed by atoms with Crippen molar-refractivity contribution in [2.45, 2.75) is 37.3 Å². The van der Waals surface area contributed by atoms with E-state index in [0.29, 0.717) is 28.5 Å². The quantitative estimate of drug-likeness (QED) is 0.568. The molecule has 0 saturated heterocycles. The third-order valence-corrected chi connectivity index (χ3v) is 5.48. The van der Waals surface area contributed by atoms with Gasteiger partial charge in [-0.05, 0) is 36.3 Å². The highest BCUT2D eigenvalue weighted by molar-refractivity contribution is 7.99. The molecule has 6 nitrogen and oxygen atoms in total. The highest BCUT2D eigenvalue weighted by Crippen LogP contribution is 2.43. The van der Waals surface area contributed by atoms with Gasteiger partial charge in [0.25, 0.3) is 5.56 Å². The molecule has 0 spiro atoms. The van der Waals surface area contributed by atoms with Crippen LogP contribution in [0.1, 0.15) is 43.2 Å². The van der Waals surface area contributed by atoms with Crippen molar-refractivity contribution in [3.63, 3.8) is 0 Å². The number of aromatic amines is 1. The number of benzene rings is 1. The number of fused-ring (bicyclic) bond motifs is 1. The summed E-state index contributed by atoms with van der Waals surface area (Å²) in [5, 5.41) is 13.7. The maximum absolute atomic E-state index is 12.9. The van der Waals surface area contributed by atoms with E-state index in [0.717, 1.165) is 29.9 Å². The molecule has 1 aromatic carbocycles. The molecule has 26 heavy (non-hydrogen) atoms. The number of phenols is 1. The Balaban J connectivity index is 1.96. The molecule has 3 N–H and O–H groups in total. The van der Waals surface area contributed by atoms with Crippen LogP contribution in [0, 0.1) is 0 Å². The fraction of sp³-hybridized carbons (Fsp3) is 0.316. The number of hydrogen-bond acceptors (Lipinski definition) is 6. The maximum atomic E-state index is 12.9. The molecule has 7 heteroatoms. The minimum atomic E-state index is -0.516. The summed E-state index contributed by atoms with van der Waals surface area (Å²) in [5.41, 5.74) is 2.37. The van der Waals surface area contributed by atoms with Crippen LogP contribution in [0.5, 0.6) is 5.75 Å². The number of H-pyrrole nitrogens is 1. The van der Waals surface area contributed by atoms with E-state index in [4.69, 9.17) is 0 Å². The smallest absolute Gasteiger partial charge is 0.257 e. The summed E-state index contributed by atoms with van der Waals surface area (Å²) >= 11 is 1.46. The van der Waals surface area contributed by atoms with Gasteiger partial charge in [-0.1, -0.05) is 30.8 Å². The lowest BCUT2D eigenvalue weighted by molar-refractivity contribution is -0.116. The standard InChI is InChI=1S/C19H19N3O3S/c1-2-26-19-21-17-16(18(25)22-19)14(10-5-3-6-11(23)9-10)15-12(20-17)7-4-8-13(15)24/h3,5-6,9,14,23H,2,4,7-8H2,1H3,(H2,20,21,22,25)/t14-/m1/s1. The van der Waals surface area contributed by atoms with Crippen molar-refractivity contribution in [2.24, 2.45) is 0 Å². The van der Waals surface area contributed by atoms with Gasteiger partial charge in [0.2, 0.25) is 0 Å². The lowest BCUT2D eigenvalue weighted by atomic mass is 9.76. The number of Topliss-reactive ketones (excluding diaryl/α,β-unsaturated/α-hetero) is 1. The Morgan fingerprint density at radius 2 is 2.15 bits per heavy atom. The minimum absolute atomic E-state index is 0.0455. The first-order valence-electron chi connectivity index (χ1n) is 8.67. The predicted molar refractivity (Wildman–Crippen MR) is 101 cm³/mol. The average Bonchev–Trinajstić information content (AvgIpc) is 2.60. The van der Waals surface area contributed by atoms with Gasteiger partial charge in [-0.15, -0.1) is 0 Å². The number of rotatable bonds is 3. The van der Waals surface area contributed by atoms with Crippen LogP contribution in [0.25, 0.3) is 0 Å². The molecule has 2 heterocycles. The van der Waals surface area contributed by atoms with Crippen LogP contribution in [0.2, 0.25) is 0 Å². The van der Waals surface area contributed by atoms with E-state index in [1.54, 1.807) is 18.2 Å². The van der Waals surface area contributed by atoms with Crippen molar-refractivity contribution in [2.75, 3.05) is 11.1 Å². The first-order chi connectivity index (χ1) is 12.6. The third kappa shape index (κ3) is 2.82. The lowest BCUT2D eigenvalue weighted by Gasteiger charge is -2.32. The Morgan fingerprint density at radius 1 is 1.31 bits per heavy atom. The lowest BCUT2D eigenvalue weighted by Crippen LogP contribution is -2.32. The molecule has 2 aromatic rings. The molecule has 134 valence electrons. The molecule has 0 amide bonds. The summed E-state index contributed by atoms with van der Waals surface area (Å²) in [7, 11) is 0. The molecule has 1 aliphatic heterocycles. The van der Waals surface area contributed by atoms with E-state index >= 15 is 0 Å². The summed E-state index contributed by atoms with van der Waals surface area (Å²) < 4.78 is 0. The number of carbonyl (C=O) groups is 1. The van der Waals surface area contributed by atoms with Crippen molar-refractivity contribution < 1.29 is 9.90 Å². The number of phenolic OH excluding ortho intramolecular Hbond substituents is 1. The Morgan fingerprint density at radius 3 is 2.92 bits per heavy atom. The SMILES string of the molecule is CCSc1nc2c(c(=O)[nH]1)[C@H](c1cccc(O)c1)C1=C(CCCC1=O)N2. The van der Waals surface area contributed by atoms with Gasteiger partial charge >= 0.3 is 0 Å². The second-order valence-electron chi connectivity index (χ2n) is 6.39. The van der Waals surface area contributed by atoms with Crippen molar-refractivity contribution in [1.82, 2.24) is 9.97 Å². The number of anilines is 1. The van der Waals surface area contributed by atoms with Gasteiger partial charge in [0.05, 0.1) is 5.56 Å². The molecule has 1 aliphatic carbocycles. The number of aromatic nitrogens is 2. The highest BCUT2D eigenvalue weighted by Gasteiger charge is 2.37. The molecule has 0 fully saturated rings. The summed E-state index contributed by atoms with van der Waals surface area (Å²) in [5.74, 6) is 0.939. The Hall–Kier alpha value is -2.54. The number of ketones is 1. The predicted octanol–water partition coefficient (Wildman–Crippen LogP) is 3.15. The Labute approximate surface area is 154 Å². The van der Waals surface area contributed by atoms with Gasteiger partial charge in [-0.2, -0.15) is 0 Å². The maximum Gasteiger partial charge on any atom is 0.257 e. The Bertz CT molecular complexity index is 980. The summed E-state index contributed by atoms with van der Waals surface area (Å²) in [6.07, 6.45) is 2.01. The minimum Gasteiger partial charge on any atom is -0.508 e. The molecule has 1 atom stereocenters. The topological polar surface area (TPSA) is 95.1 Å². The van der Waals surface area contributed by atoms with E-state index in [2.05, 4.69) is 15.3 Å². The normalized spacial score (nSPS) is 19.0. The second kappa shape index (κ2) is 6.64. The molecule has 0 saturated carbocycles. The first kappa shape index (κ1) is 16.9. The number of nitrogens with zero attached hydrogens (tertiary/aromatic N) is 1. The number of carbonyl (C=O) groups excluding carboxylic acids is 1. The largest absolute Gasteiger partial charge is 0.508 e. The molecule has 4 rings (SSSR count). The molecular weight excluding hydrogens is 350 g/mol.